The SMILES string of the molecule is COC(=O)c1c(NC(=O)c2nn3c(C(F)(F)F)cc(C)nc3c2Br)sc(C(N)=O)c1C. The molecule has 0 bridgehead atoms. The molecule has 14 heteroatoms. The van der Waals surface area contributed by atoms with E-state index in [-0.39, 0.29) is 36.8 Å². The van der Waals surface area contributed by atoms with E-state index in [1.807, 2.05) is 0 Å². The quantitative estimate of drug-likeness (QED) is 0.508. The highest BCUT2D eigenvalue weighted by Crippen LogP contribution is 2.35. The highest BCUT2D eigenvalue weighted by molar-refractivity contribution is 9.10. The molecule has 0 unspecified atom stereocenters. The van der Waals surface area contributed by atoms with Crippen LogP contribution in [-0.4, -0.2) is 39.5 Å². The van der Waals surface area contributed by atoms with Crippen LogP contribution in [0.2, 0.25) is 0 Å². The summed E-state index contributed by atoms with van der Waals surface area (Å²) in [5.74, 6) is -2.59. The Labute approximate surface area is 184 Å². The van der Waals surface area contributed by atoms with E-state index in [9.17, 15) is 27.6 Å². The number of rotatable bonds is 4. The van der Waals surface area contributed by atoms with Gasteiger partial charge >= 0.3 is 12.1 Å². The number of fused-ring (bicyclic) bond motifs is 1. The minimum absolute atomic E-state index is 0.0152. The second-order valence-electron chi connectivity index (χ2n) is 6.25. The maximum atomic E-state index is 13.4. The number of nitrogens with zero attached hydrogens (tertiary/aromatic N) is 3. The van der Waals surface area contributed by atoms with Crippen molar-refractivity contribution in [2.75, 3.05) is 12.4 Å². The molecule has 0 spiro atoms. The number of alkyl halides is 3. The molecule has 0 aliphatic rings. The second-order valence-corrected chi connectivity index (χ2v) is 8.06. The van der Waals surface area contributed by atoms with Gasteiger partial charge in [-0.2, -0.15) is 18.3 Å². The van der Waals surface area contributed by atoms with Gasteiger partial charge in [0.15, 0.2) is 11.3 Å². The molecule has 3 aromatic heterocycles. The zero-order valence-electron chi connectivity index (χ0n) is 16.0. The van der Waals surface area contributed by atoms with E-state index in [1.54, 1.807) is 0 Å². The van der Waals surface area contributed by atoms with Gasteiger partial charge in [-0.1, -0.05) is 0 Å². The number of hydrogen-bond acceptors (Lipinski definition) is 7. The number of nitrogens with one attached hydrogen (secondary N) is 1. The lowest BCUT2D eigenvalue weighted by Gasteiger charge is -2.09. The molecule has 0 atom stereocenters. The van der Waals surface area contributed by atoms with Crippen LogP contribution < -0.4 is 11.1 Å². The lowest BCUT2D eigenvalue weighted by molar-refractivity contribution is -0.142. The maximum absolute atomic E-state index is 13.4. The zero-order chi connectivity index (χ0) is 23.2. The van der Waals surface area contributed by atoms with Gasteiger partial charge in [0.25, 0.3) is 11.8 Å². The number of primary amides is 1. The fourth-order valence-electron chi connectivity index (χ4n) is 2.81. The Balaban J connectivity index is 2.12. The molecular weight excluding hydrogens is 507 g/mol. The van der Waals surface area contributed by atoms with E-state index < -0.39 is 35.3 Å². The lowest BCUT2D eigenvalue weighted by Crippen LogP contribution is -2.16. The van der Waals surface area contributed by atoms with Crippen molar-refractivity contribution in [2.24, 2.45) is 5.73 Å². The Morgan fingerprint density at radius 3 is 2.48 bits per heavy atom. The Kier molecular flexibility index (Phi) is 5.80. The molecule has 164 valence electrons. The van der Waals surface area contributed by atoms with Crippen molar-refractivity contribution in [3.8, 4) is 0 Å². The minimum Gasteiger partial charge on any atom is -0.465 e. The Morgan fingerprint density at radius 1 is 1.29 bits per heavy atom. The number of ether oxygens (including phenoxy) is 1. The van der Waals surface area contributed by atoms with Crippen molar-refractivity contribution < 1.29 is 32.3 Å². The van der Waals surface area contributed by atoms with Gasteiger partial charge in [0.1, 0.15) is 10.7 Å². The number of nitrogens with two attached hydrogens (primary N) is 1. The lowest BCUT2D eigenvalue weighted by atomic mass is 10.1. The predicted molar refractivity (Wildman–Crippen MR) is 107 cm³/mol. The highest BCUT2D eigenvalue weighted by atomic mass is 79.9. The first-order valence-electron chi connectivity index (χ1n) is 8.32. The minimum atomic E-state index is -4.75. The van der Waals surface area contributed by atoms with Crippen molar-refractivity contribution in [2.45, 2.75) is 20.0 Å². The number of hydrogen-bond donors (Lipinski definition) is 2. The number of carbonyl (C=O) groups excluding carboxylic acids is 3. The molecule has 9 nitrogen and oxygen atoms in total. The van der Waals surface area contributed by atoms with Crippen LogP contribution in [0.3, 0.4) is 0 Å². The molecule has 0 aromatic carbocycles. The summed E-state index contributed by atoms with van der Waals surface area (Å²) in [7, 11) is 1.11. The fourth-order valence-corrected chi connectivity index (χ4v) is 4.36. The fraction of sp³-hybridized carbons (Fsp3) is 0.235. The normalized spacial score (nSPS) is 11.6. The van der Waals surface area contributed by atoms with Crippen LogP contribution in [-0.2, 0) is 10.9 Å². The number of amides is 2. The number of methoxy groups -OCH3 is 1. The van der Waals surface area contributed by atoms with Gasteiger partial charge in [-0.15, -0.1) is 11.3 Å². The molecule has 0 aliphatic carbocycles. The number of carbonyl (C=O) groups is 3. The average molecular weight is 520 g/mol. The van der Waals surface area contributed by atoms with Gasteiger partial charge in [0.2, 0.25) is 0 Å². The van der Waals surface area contributed by atoms with Crippen LogP contribution in [0.15, 0.2) is 10.5 Å². The smallest absolute Gasteiger partial charge is 0.433 e. The Morgan fingerprint density at radius 2 is 1.94 bits per heavy atom. The summed E-state index contributed by atoms with van der Waals surface area (Å²) in [6.45, 7) is 2.82. The van der Waals surface area contributed by atoms with Crippen LogP contribution >= 0.6 is 27.3 Å². The van der Waals surface area contributed by atoms with E-state index >= 15 is 0 Å². The first-order chi connectivity index (χ1) is 14.4. The van der Waals surface area contributed by atoms with Crippen molar-refractivity contribution in [3.63, 3.8) is 0 Å². The second kappa shape index (κ2) is 7.92. The van der Waals surface area contributed by atoms with Gasteiger partial charge in [-0.3, -0.25) is 9.59 Å². The van der Waals surface area contributed by atoms with E-state index in [0.29, 0.717) is 4.52 Å². The van der Waals surface area contributed by atoms with Gasteiger partial charge in [-0.25, -0.2) is 14.3 Å². The first kappa shape index (κ1) is 22.7. The topological polar surface area (TPSA) is 129 Å². The monoisotopic (exact) mass is 519 g/mol. The largest absolute Gasteiger partial charge is 0.465 e. The summed E-state index contributed by atoms with van der Waals surface area (Å²) in [5, 5.41) is 6.07. The van der Waals surface area contributed by atoms with Crippen LogP contribution in [0.4, 0.5) is 18.2 Å². The third-order valence-corrected chi connectivity index (χ3v) is 6.11. The third-order valence-electron chi connectivity index (χ3n) is 4.15. The van der Waals surface area contributed by atoms with Crippen molar-refractivity contribution >= 4 is 55.7 Å². The predicted octanol–water partition coefficient (Wildman–Crippen LogP) is 3.33. The average Bonchev–Trinajstić information content (AvgIpc) is 3.17. The van der Waals surface area contributed by atoms with Crippen molar-refractivity contribution in [3.05, 3.63) is 43.6 Å². The highest BCUT2D eigenvalue weighted by Gasteiger charge is 2.36. The number of esters is 1. The molecular formula is C17H13BrF3N5O4S. The first-order valence-corrected chi connectivity index (χ1v) is 9.93. The molecule has 0 aliphatic heterocycles. The van der Waals surface area contributed by atoms with E-state index in [4.69, 9.17) is 5.73 Å². The molecule has 3 rings (SSSR count). The number of halogens is 4. The summed E-state index contributed by atoms with van der Waals surface area (Å²) in [6, 6.07) is 0.797. The maximum Gasteiger partial charge on any atom is 0.433 e. The molecule has 0 saturated heterocycles. The van der Waals surface area contributed by atoms with E-state index in [1.165, 1.54) is 13.8 Å². The van der Waals surface area contributed by atoms with Crippen LogP contribution in [0, 0.1) is 13.8 Å². The van der Waals surface area contributed by atoms with Crippen LogP contribution in [0.1, 0.15) is 47.5 Å². The summed E-state index contributed by atoms with van der Waals surface area (Å²) in [6.07, 6.45) is -4.75. The van der Waals surface area contributed by atoms with Crippen LogP contribution in [0.25, 0.3) is 5.65 Å². The van der Waals surface area contributed by atoms with Gasteiger partial charge < -0.3 is 15.8 Å². The molecule has 3 heterocycles. The summed E-state index contributed by atoms with van der Waals surface area (Å²) in [5.41, 5.74) is 3.72. The number of anilines is 1. The zero-order valence-corrected chi connectivity index (χ0v) is 18.5. The van der Waals surface area contributed by atoms with Crippen LogP contribution in [0.5, 0.6) is 0 Å². The van der Waals surface area contributed by atoms with Crippen molar-refractivity contribution in [1.29, 1.82) is 0 Å². The Bertz CT molecular complexity index is 1250. The summed E-state index contributed by atoms with van der Waals surface area (Å²) in [4.78, 5) is 40.6. The van der Waals surface area contributed by atoms with E-state index in [0.717, 1.165) is 24.5 Å². The molecule has 0 saturated carbocycles. The standard InChI is InChI=1S/C17H13BrF3N5O4S/c1-5-4-7(17(19,20)21)26-13(23-5)9(18)10(25-26)14(28)24-15-8(16(29)30-3)6(2)11(31-15)12(22)27/h4H,1-3H3,(H2,22,27)(H,24,28). The van der Waals surface area contributed by atoms with Gasteiger partial charge in [0, 0.05) is 5.69 Å². The molecule has 3 N–H and O–H groups in total. The van der Waals surface area contributed by atoms with Gasteiger partial charge in [-0.05, 0) is 41.4 Å². The molecule has 0 fully saturated rings. The molecule has 31 heavy (non-hydrogen) atoms. The number of thiophene rings is 1. The number of aryl methyl sites for hydroxylation is 1. The van der Waals surface area contributed by atoms with Crippen molar-refractivity contribution in [1.82, 2.24) is 14.6 Å². The van der Waals surface area contributed by atoms with E-state index in [2.05, 4.69) is 36.1 Å². The van der Waals surface area contributed by atoms with Gasteiger partial charge in [0.05, 0.1) is 22.0 Å². The molecule has 2 amide bonds. The molecule has 3 aromatic rings. The summed E-state index contributed by atoms with van der Waals surface area (Å²) >= 11 is 3.80. The summed E-state index contributed by atoms with van der Waals surface area (Å²) < 4.78 is 45.3. The molecule has 0 radical (unpaired) electrons. The third kappa shape index (κ3) is 3.99. The Hall–Kier alpha value is -3.00. The number of aromatic nitrogens is 3.